The van der Waals surface area contributed by atoms with E-state index in [-0.39, 0.29) is 5.41 Å². The fourth-order valence-electron chi connectivity index (χ4n) is 3.42. The zero-order valence-corrected chi connectivity index (χ0v) is 14.4. The normalized spacial score (nSPS) is 25.5. The molecule has 2 rings (SSSR count). The summed E-state index contributed by atoms with van der Waals surface area (Å²) in [5.41, 5.74) is 5.51. The summed E-state index contributed by atoms with van der Waals surface area (Å²) in [4.78, 5) is 0. The maximum Gasteiger partial charge on any atom is 0.126 e. The molecule has 2 atom stereocenters. The summed E-state index contributed by atoms with van der Waals surface area (Å²) >= 11 is 3.76. The fraction of sp³-hybridized carbons (Fsp3) is 0.625. The zero-order valence-electron chi connectivity index (χ0n) is 12.8. The van der Waals surface area contributed by atoms with E-state index in [4.69, 9.17) is 4.74 Å². The number of nitrogens with one attached hydrogen (secondary N) is 1. The lowest BCUT2D eigenvalue weighted by Crippen LogP contribution is -2.27. The summed E-state index contributed by atoms with van der Waals surface area (Å²) in [6, 6.07) is 0. The highest BCUT2D eigenvalue weighted by molar-refractivity contribution is 9.10. The lowest BCUT2D eigenvalue weighted by atomic mass is 9.85. The number of halogens is 1. The van der Waals surface area contributed by atoms with E-state index in [2.05, 4.69) is 48.9 Å². The molecule has 2 unspecified atom stereocenters. The lowest BCUT2D eigenvalue weighted by Gasteiger charge is -2.26. The first-order valence-corrected chi connectivity index (χ1v) is 7.68. The Morgan fingerprint density at radius 1 is 1.26 bits per heavy atom. The fourth-order valence-corrected chi connectivity index (χ4v) is 3.92. The van der Waals surface area contributed by atoms with Crippen molar-refractivity contribution in [1.29, 1.82) is 0 Å². The first kappa shape index (κ1) is 14.9. The standard InChI is InChI=1S/C16H24BrNO/c1-9-7-16(9,8-18-5)13-12(4)14(17)10(2)11(3)15(13)19-6/h9,18H,7-8H2,1-6H3. The molecule has 1 fully saturated rings. The van der Waals surface area contributed by atoms with Gasteiger partial charge in [0.25, 0.3) is 0 Å². The maximum absolute atomic E-state index is 5.77. The SMILES string of the molecule is CNCC1(c2c(C)c(Br)c(C)c(C)c2OC)CC1C. The van der Waals surface area contributed by atoms with Crippen LogP contribution in [0.4, 0.5) is 0 Å². The molecule has 1 aliphatic carbocycles. The third-order valence-corrected chi connectivity index (χ3v) is 6.00. The van der Waals surface area contributed by atoms with E-state index in [1.54, 1.807) is 7.11 Å². The van der Waals surface area contributed by atoms with Crippen LogP contribution in [-0.2, 0) is 5.41 Å². The van der Waals surface area contributed by atoms with Gasteiger partial charge in [0.1, 0.15) is 5.75 Å². The van der Waals surface area contributed by atoms with E-state index < -0.39 is 0 Å². The second kappa shape index (κ2) is 5.10. The van der Waals surface area contributed by atoms with E-state index in [1.165, 1.54) is 33.1 Å². The molecule has 0 radical (unpaired) electrons. The van der Waals surface area contributed by atoms with E-state index in [0.29, 0.717) is 5.92 Å². The van der Waals surface area contributed by atoms with Gasteiger partial charge in [0.2, 0.25) is 0 Å². The second-order valence-electron chi connectivity index (χ2n) is 5.89. The van der Waals surface area contributed by atoms with Crippen molar-refractivity contribution in [2.45, 2.75) is 39.5 Å². The van der Waals surface area contributed by atoms with Crippen LogP contribution in [0.5, 0.6) is 5.75 Å². The topological polar surface area (TPSA) is 21.3 Å². The number of ether oxygens (including phenoxy) is 1. The van der Waals surface area contributed by atoms with E-state index in [0.717, 1.165) is 12.3 Å². The molecule has 19 heavy (non-hydrogen) atoms. The molecular weight excluding hydrogens is 302 g/mol. The van der Waals surface area contributed by atoms with Crippen LogP contribution < -0.4 is 10.1 Å². The van der Waals surface area contributed by atoms with E-state index in [1.807, 2.05) is 7.05 Å². The van der Waals surface area contributed by atoms with Crippen molar-refractivity contribution in [2.24, 2.45) is 5.92 Å². The Hall–Kier alpha value is -0.540. The number of methoxy groups -OCH3 is 1. The molecule has 0 aliphatic heterocycles. The summed E-state index contributed by atoms with van der Waals surface area (Å²) in [5.74, 6) is 1.79. The third-order valence-electron chi connectivity index (χ3n) is 4.81. The van der Waals surface area contributed by atoms with Crippen molar-refractivity contribution >= 4 is 15.9 Å². The quantitative estimate of drug-likeness (QED) is 0.907. The van der Waals surface area contributed by atoms with Gasteiger partial charge in [-0.1, -0.05) is 22.9 Å². The van der Waals surface area contributed by atoms with Gasteiger partial charge in [-0.25, -0.2) is 0 Å². The smallest absolute Gasteiger partial charge is 0.126 e. The van der Waals surface area contributed by atoms with Crippen LogP contribution in [0.2, 0.25) is 0 Å². The first-order chi connectivity index (χ1) is 8.90. The van der Waals surface area contributed by atoms with Gasteiger partial charge in [-0.2, -0.15) is 0 Å². The summed E-state index contributed by atoms with van der Waals surface area (Å²) in [7, 11) is 3.82. The molecule has 0 heterocycles. The molecule has 1 saturated carbocycles. The number of hydrogen-bond acceptors (Lipinski definition) is 2. The van der Waals surface area contributed by atoms with Gasteiger partial charge >= 0.3 is 0 Å². The highest BCUT2D eigenvalue weighted by Crippen LogP contribution is 2.58. The molecule has 0 spiro atoms. The molecule has 106 valence electrons. The molecule has 0 saturated heterocycles. The van der Waals surface area contributed by atoms with Gasteiger partial charge in [0.15, 0.2) is 0 Å². The van der Waals surface area contributed by atoms with Crippen molar-refractivity contribution in [3.8, 4) is 5.75 Å². The molecule has 0 bridgehead atoms. The Morgan fingerprint density at radius 3 is 2.26 bits per heavy atom. The summed E-state index contributed by atoms with van der Waals surface area (Å²) in [5, 5.41) is 3.36. The Morgan fingerprint density at radius 2 is 1.84 bits per heavy atom. The minimum Gasteiger partial charge on any atom is -0.496 e. The number of rotatable bonds is 4. The Balaban J connectivity index is 2.69. The van der Waals surface area contributed by atoms with Gasteiger partial charge < -0.3 is 10.1 Å². The predicted molar refractivity (Wildman–Crippen MR) is 84.3 cm³/mol. The molecule has 0 amide bonds. The van der Waals surface area contributed by atoms with Crippen LogP contribution in [0, 0.1) is 26.7 Å². The van der Waals surface area contributed by atoms with Crippen molar-refractivity contribution in [1.82, 2.24) is 5.32 Å². The molecule has 2 nitrogen and oxygen atoms in total. The molecule has 1 aromatic rings. The van der Waals surface area contributed by atoms with Crippen molar-refractivity contribution in [3.05, 3.63) is 26.7 Å². The number of benzene rings is 1. The number of hydrogen-bond donors (Lipinski definition) is 1. The Labute approximate surface area is 125 Å². The molecular formula is C16H24BrNO. The van der Waals surface area contributed by atoms with Gasteiger partial charge in [-0.3, -0.25) is 0 Å². The molecule has 1 aromatic carbocycles. The van der Waals surface area contributed by atoms with Crippen LogP contribution in [0.1, 0.15) is 35.6 Å². The monoisotopic (exact) mass is 325 g/mol. The van der Waals surface area contributed by atoms with Gasteiger partial charge in [0, 0.05) is 22.0 Å². The minimum absolute atomic E-state index is 0.241. The maximum atomic E-state index is 5.77. The summed E-state index contributed by atoms with van der Waals surface area (Å²) in [6.07, 6.45) is 1.24. The molecule has 1 aliphatic rings. The van der Waals surface area contributed by atoms with Crippen LogP contribution in [0.15, 0.2) is 4.47 Å². The van der Waals surface area contributed by atoms with Gasteiger partial charge in [-0.05, 0) is 56.8 Å². The largest absolute Gasteiger partial charge is 0.496 e. The average molecular weight is 326 g/mol. The van der Waals surface area contributed by atoms with E-state index in [9.17, 15) is 0 Å². The molecule has 1 N–H and O–H groups in total. The summed E-state index contributed by atoms with van der Waals surface area (Å²) < 4.78 is 7.00. The zero-order chi connectivity index (χ0) is 14.4. The highest BCUT2D eigenvalue weighted by atomic mass is 79.9. The molecule has 3 heteroatoms. The third kappa shape index (κ3) is 2.11. The average Bonchev–Trinajstić information content (AvgIpc) is 3.02. The van der Waals surface area contributed by atoms with Crippen LogP contribution in [-0.4, -0.2) is 20.7 Å². The number of likely N-dealkylation sites (N-methyl/N-ethyl adjacent to an activating group) is 1. The Kier molecular flexibility index (Phi) is 3.99. The van der Waals surface area contributed by atoms with Crippen molar-refractivity contribution in [2.75, 3.05) is 20.7 Å². The minimum atomic E-state index is 0.241. The lowest BCUT2D eigenvalue weighted by molar-refractivity contribution is 0.396. The van der Waals surface area contributed by atoms with Crippen LogP contribution >= 0.6 is 15.9 Å². The van der Waals surface area contributed by atoms with Crippen molar-refractivity contribution < 1.29 is 4.74 Å². The van der Waals surface area contributed by atoms with Crippen LogP contribution in [0.3, 0.4) is 0 Å². The Bertz CT molecular complexity index is 512. The first-order valence-electron chi connectivity index (χ1n) is 6.89. The van der Waals surface area contributed by atoms with E-state index >= 15 is 0 Å². The van der Waals surface area contributed by atoms with Crippen LogP contribution in [0.25, 0.3) is 0 Å². The molecule has 0 aromatic heterocycles. The van der Waals surface area contributed by atoms with Gasteiger partial charge in [0.05, 0.1) is 7.11 Å². The van der Waals surface area contributed by atoms with Crippen molar-refractivity contribution in [3.63, 3.8) is 0 Å². The highest BCUT2D eigenvalue weighted by Gasteiger charge is 2.54. The second-order valence-corrected chi connectivity index (χ2v) is 6.68. The summed E-state index contributed by atoms with van der Waals surface area (Å²) in [6.45, 7) is 9.86. The van der Waals surface area contributed by atoms with Gasteiger partial charge in [-0.15, -0.1) is 0 Å². The predicted octanol–water partition coefficient (Wildman–Crippen LogP) is 3.88.